The molecule has 3 fully saturated rings. The van der Waals surface area contributed by atoms with E-state index in [4.69, 9.17) is 40.4 Å². The molecule has 2 aliphatic heterocycles. The predicted molar refractivity (Wildman–Crippen MR) is 163 cm³/mol. The number of aliphatic imine (C=N–C) groups is 2. The molecule has 2 unspecified atom stereocenters. The second-order valence-electron chi connectivity index (χ2n) is 10.4. The topological polar surface area (TPSA) is 225 Å². The fraction of sp³-hybridized carbons (Fsp3) is 0.545. The lowest BCUT2D eigenvalue weighted by molar-refractivity contribution is -0.0551. The maximum atomic E-state index is 16.1. The van der Waals surface area contributed by atoms with Gasteiger partial charge < -0.3 is 38.7 Å². The SMILES string of the molecule is C=Nc1c(C(N)=NC)ncn1[C@@H]1O[C@@H]2COP(O)(=S)O[C@@H]3[C@H](O)[C@H](C[C@H]3n3cnc4c(=O)ncn(C)c43)OP(=O)(S)O[C@H]2[C@H]1F. The Morgan fingerprint density at radius 2 is 1.93 bits per heavy atom. The van der Waals surface area contributed by atoms with Gasteiger partial charge in [-0.3, -0.25) is 23.4 Å². The van der Waals surface area contributed by atoms with Crippen molar-refractivity contribution < 1.29 is 41.8 Å². The van der Waals surface area contributed by atoms with Crippen LogP contribution in [-0.4, -0.2) is 102 Å². The number of nitrogens with zero attached hydrogens (tertiary/aromatic N) is 8. The van der Waals surface area contributed by atoms with Crippen molar-refractivity contribution in [2.45, 2.75) is 55.4 Å². The molecule has 3 aliphatic rings. The van der Waals surface area contributed by atoms with E-state index in [-0.39, 0.29) is 29.3 Å². The number of hydrogen-bond acceptors (Lipinski definition) is 14. The maximum Gasteiger partial charge on any atom is 0.386 e. The Kier molecular flexibility index (Phi) is 8.66. The first-order chi connectivity index (χ1) is 21.2. The predicted octanol–water partition coefficient (Wildman–Crippen LogP) is 0.676. The highest BCUT2D eigenvalue weighted by Gasteiger charge is 2.54. The van der Waals surface area contributed by atoms with E-state index in [2.05, 4.69) is 43.9 Å². The van der Waals surface area contributed by atoms with Crippen LogP contribution in [0.15, 0.2) is 33.8 Å². The van der Waals surface area contributed by atoms with Crippen molar-refractivity contribution in [2.75, 3.05) is 13.7 Å². The van der Waals surface area contributed by atoms with E-state index in [1.165, 1.54) is 39.7 Å². The molecule has 2 bridgehead atoms. The van der Waals surface area contributed by atoms with Crippen LogP contribution in [0.1, 0.15) is 24.4 Å². The molecule has 4 N–H and O–H groups in total. The molecule has 18 nitrogen and oxygen atoms in total. The van der Waals surface area contributed by atoms with Crippen LogP contribution in [0.25, 0.3) is 11.2 Å². The molecular weight excluding hydrogens is 679 g/mol. The summed E-state index contributed by atoms with van der Waals surface area (Å²) in [5, 5.41) is 11.3. The smallest absolute Gasteiger partial charge is 0.386 e. The second-order valence-corrected chi connectivity index (χ2v) is 16.0. The zero-order valence-corrected chi connectivity index (χ0v) is 27.0. The first-order valence-corrected chi connectivity index (χ1v) is 18.5. The summed E-state index contributed by atoms with van der Waals surface area (Å²) in [4.78, 5) is 43.2. The number of halogens is 1. The Morgan fingerprint density at radius 1 is 1.20 bits per heavy atom. The van der Waals surface area contributed by atoms with Gasteiger partial charge in [-0.1, -0.05) is 12.2 Å². The molecule has 1 aliphatic carbocycles. The number of rotatable bonds is 4. The summed E-state index contributed by atoms with van der Waals surface area (Å²) >= 11 is 9.34. The molecule has 5 heterocycles. The van der Waals surface area contributed by atoms with Crippen LogP contribution in [0.4, 0.5) is 10.2 Å². The largest absolute Gasteiger partial charge is 0.388 e. The van der Waals surface area contributed by atoms with Crippen LogP contribution in [0.3, 0.4) is 0 Å². The molecule has 2 saturated heterocycles. The van der Waals surface area contributed by atoms with E-state index in [1.54, 1.807) is 7.05 Å². The number of fused-ring (bicyclic) bond motifs is 4. The van der Waals surface area contributed by atoms with E-state index < -0.39 is 74.6 Å². The summed E-state index contributed by atoms with van der Waals surface area (Å²) in [6.07, 6.45) is -6.90. The highest BCUT2D eigenvalue weighted by atomic mass is 32.7. The number of nitrogens with two attached hydrogens (primary N) is 1. The summed E-state index contributed by atoms with van der Waals surface area (Å²) in [6, 6.07) is -0.872. The van der Waals surface area contributed by atoms with Crippen molar-refractivity contribution in [3.05, 3.63) is 35.0 Å². The van der Waals surface area contributed by atoms with Gasteiger partial charge in [0, 0.05) is 20.5 Å². The van der Waals surface area contributed by atoms with Crippen molar-refractivity contribution in [2.24, 2.45) is 22.8 Å². The van der Waals surface area contributed by atoms with Gasteiger partial charge in [0.05, 0.1) is 31.4 Å². The highest BCUT2D eigenvalue weighted by molar-refractivity contribution is 8.44. The van der Waals surface area contributed by atoms with Crippen LogP contribution >= 0.6 is 25.8 Å². The minimum atomic E-state index is -4.45. The third-order valence-corrected chi connectivity index (χ3v) is 10.9. The van der Waals surface area contributed by atoms with Gasteiger partial charge in [-0.2, -0.15) is 4.98 Å². The minimum Gasteiger partial charge on any atom is -0.388 e. The first-order valence-electron chi connectivity index (χ1n) is 13.2. The second kappa shape index (κ2) is 12.0. The quantitative estimate of drug-likeness (QED) is 0.127. The summed E-state index contributed by atoms with van der Waals surface area (Å²) < 4.78 is 62.5. The van der Waals surface area contributed by atoms with Gasteiger partial charge in [-0.15, -0.1) is 0 Å². The van der Waals surface area contributed by atoms with Gasteiger partial charge in [-0.05, 0) is 18.5 Å². The number of ether oxygens (including phenoxy) is 1. The standard InChI is InChI=1S/C22H28FN9O9P2S2/c1-25-18(24)13-19(26-2)32(8-27-13)22-12(23)17-11(38-22)5-37-42(35,44)40-16-9(4-10(15(16)33)39-43(36,45)41-17)31-7-28-14-20(34)29-6-30(3)21(14)31/h6-12,15-17,22,33H,2,4-5H2,1,3H3,(H2,24,25)(H,35,44)(H,36,45)/t9-,10+,11-,12-,15-,16+,17-,22-,42?,43?/m1/s1. The summed E-state index contributed by atoms with van der Waals surface area (Å²) in [7, 11) is 3.06. The monoisotopic (exact) mass is 707 g/mol. The van der Waals surface area contributed by atoms with Gasteiger partial charge in [0.2, 0.25) is 0 Å². The van der Waals surface area contributed by atoms with E-state index in [9.17, 15) is 19.4 Å². The van der Waals surface area contributed by atoms with Gasteiger partial charge in [0.25, 0.3) is 0 Å². The Labute approximate surface area is 264 Å². The maximum absolute atomic E-state index is 16.1. The summed E-state index contributed by atoms with van der Waals surface area (Å²) in [6.45, 7) is -5.74. The van der Waals surface area contributed by atoms with Crippen LogP contribution < -0.4 is 11.3 Å². The Hall–Kier alpha value is -2.42. The number of imidazole rings is 2. The van der Waals surface area contributed by atoms with E-state index in [0.29, 0.717) is 5.65 Å². The van der Waals surface area contributed by atoms with Crippen molar-refractivity contribution in [1.82, 2.24) is 28.7 Å². The minimum absolute atomic E-state index is 0.0107. The summed E-state index contributed by atoms with van der Waals surface area (Å²) in [5.41, 5.74) is 5.77. The van der Waals surface area contributed by atoms with Crippen molar-refractivity contribution >= 4 is 67.1 Å². The number of aryl methyl sites for hydroxylation is 1. The first kappa shape index (κ1) is 32.5. The van der Waals surface area contributed by atoms with Crippen molar-refractivity contribution in [1.29, 1.82) is 0 Å². The molecule has 0 radical (unpaired) electrons. The fourth-order valence-electron chi connectivity index (χ4n) is 5.68. The Balaban J connectivity index is 1.34. The Bertz CT molecular complexity index is 1840. The molecule has 1 saturated carbocycles. The molecule has 244 valence electrons. The average molecular weight is 708 g/mol. The zero-order chi connectivity index (χ0) is 32.4. The van der Waals surface area contributed by atoms with Gasteiger partial charge >= 0.3 is 19.1 Å². The molecule has 10 atom stereocenters. The van der Waals surface area contributed by atoms with E-state index in [1.807, 2.05) is 0 Å². The zero-order valence-electron chi connectivity index (χ0n) is 23.5. The number of aromatic nitrogens is 6. The number of aliphatic hydroxyl groups is 1. The molecule has 3 aromatic heterocycles. The lowest BCUT2D eigenvalue weighted by Crippen LogP contribution is -2.37. The number of hydrogen-bond donors (Lipinski definition) is 4. The lowest BCUT2D eigenvalue weighted by Gasteiger charge is -2.30. The average Bonchev–Trinajstić information content (AvgIpc) is 3.75. The van der Waals surface area contributed by atoms with Crippen molar-refractivity contribution in [3.63, 3.8) is 0 Å². The Morgan fingerprint density at radius 3 is 2.64 bits per heavy atom. The molecule has 3 aromatic rings. The number of amidine groups is 1. The molecule has 0 amide bonds. The van der Waals surface area contributed by atoms with E-state index in [0.717, 1.165) is 0 Å². The van der Waals surface area contributed by atoms with Gasteiger partial charge in [-0.25, -0.2) is 23.9 Å². The molecule has 0 aromatic carbocycles. The van der Waals surface area contributed by atoms with Crippen LogP contribution in [0, 0.1) is 0 Å². The van der Waals surface area contributed by atoms with Gasteiger partial charge in [0.1, 0.15) is 47.9 Å². The van der Waals surface area contributed by atoms with Crippen LogP contribution in [0.2, 0.25) is 0 Å². The number of alkyl halides is 1. The fourth-order valence-corrected chi connectivity index (χ4v) is 8.98. The molecule has 0 spiro atoms. The molecule has 6 rings (SSSR count). The molecule has 45 heavy (non-hydrogen) atoms. The summed E-state index contributed by atoms with van der Waals surface area (Å²) in [5.74, 6) is 0.0492. The third-order valence-electron chi connectivity index (χ3n) is 7.70. The third kappa shape index (κ3) is 5.84. The lowest BCUT2D eigenvalue weighted by atomic mass is 10.1. The highest BCUT2D eigenvalue weighted by Crippen LogP contribution is 2.61. The van der Waals surface area contributed by atoms with E-state index >= 15 is 4.39 Å². The number of aliphatic hydroxyl groups excluding tert-OH is 1. The van der Waals surface area contributed by atoms with Crippen molar-refractivity contribution in [3.8, 4) is 0 Å². The molecular formula is C22H28FN9O9P2S2. The van der Waals surface area contributed by atoms with Crippen LogP contribution in [-0.2, 0) is 46.3 Å². The number of thiol groups is 1. The normalized spacial score (nSPS) is 37.7. The van der Waals surface area contributed by atoms with Crippen LogP contribution in [0.5, 0.6) is 0 Å². The van der Waals surface area contributed by atoms with Gasteiger partial charge in [0.15, 0.2) is 23.7 Å². The molecule has 23 heteroatoms.